The quantitative estimate of drug-likeness (QED) is 0.856. The van der Waals surface area contributed by atoms with E-state index >= 15 is 0 Å². The van der Waals surface area contributed by atoms with Crippen molar-refractivity contribution in [3.05, 3.63) is 52.1 Å². The lowest BCUT2D eigenvalue weighted by Gasteiger charge is -2.31. The van der Waals surface area contributed by atoms with E-state index in [1.54, 1.807) is 0 Å². The number of carbonyl (C=O) groups excluding carboxylic acids is 2. The number of nitrogens with zero attached hydrogens (tertiary/aromatic N) is 1. The second kappa shape index (κ2) is 5.81. The molecule has 0 saturated carbocycles. The maximum absolute atomic E-state index is 12.3. The normalized spacial score (nSPS) is 16.6. The summed E-state index contributed by atoms with van der Waals surface area (Å²) in [6.07, 6.45) is 0.934. The molecule has 0 aliphatic carbocycles. The third-order valence-electron chi connectivity index (χ3n) is 5.64. The van der Waals surface area contributed by atoms with Gasteiger partial charge < -0.3 is 5.32 Å². The van der Waals surface area contributed by atoms with E-state index in [-0.39, 0.29) is 0 Å². The first-order valence-electron chi connectivity index (χ1n) is 8.84. The van der Waals surface area contributed by atoms with Crippen LogP contribution in [0.25, 0.3) is 11.1 Å². The molecule has 2 aromatic carbocycles. The molecule has 1 N–H and O–H groups in total. The largest absolute Gasteiger partial charge is 0.318 e. The minimum atomic E-state index is -0.510. The van der Waals surface area contributed by atoms with Gasteiger partial charge in [0.15, 0.2) is 0 Å². The first-order chi connectivity index (χ1) is 12.0. The van der Waals surface area contributed by atoms with Gasteiger partial charge in [-0.15, -0.1) is 0 Å². The Kier molecular flexibility index (Phi) is 3.73. The Morgan fingerprint density at radius 2 is 1.88 bits per heavy atom. The van der Waals surface area contributed by atoms with E-state index in [1.165, 1.54) is 16.7 Å². The zero-order valence-electron chi connectivity index (χ0n) is 14.9. The molecule has 25 heavy (non-hydrogen) atoms. The number of rotatable bonds is 2. The third-order valence-corrected chi connectivity index (χ3v) is 5.64. The summed E-state index contributed by atoms with van der Waals surface area (Å²) in [7, 11) is 0. The SMILES string of the molecule is CCN1CCc2c(-c3cccc(C)c3C)cc3c(c2C1)NC(=O)C3=O. The van der Waals surface area contributed by atoms with Gasteiger partial charge in [0.2, 0.25) is 0 Å². The predicted octanol–water partition coefficient (Wildman–Crippen LogP) is 3.48. The lowest BCUT2D eigenvalue weighted by atomic mass is 9.85. The molecular weight excluding hydrogens is 312 g/mol. The maximum Gasteiger partial charge on any atom is 0.296 e. The fourth-order valence-electron chi connectivity index (χ4n) is 3.98. The molecule has 4 nitrogen and oxygen atoms in total. The van der Waals surface area contributed by atoms with E-state index in [1.807, 2.05) is 6.07 Å². The predicted molar refractivity (Wildman–Crippen MR) is 99.0 cm³/mol. The number of benzene rings is 2. The lowest BCUT2D eigenvalue weighted by Crippen LogP contribution is -2.31. The van der Waals surface area contributed by atoms with E-state index in [9.17, 15) is 9.59 Å². The van der Waals surface area contributed by atoms with Gasteiger partial charge in [0.1, 0.15) is 0 Å². The van der Waals surface area contributed by atoms with Crippen LogP contribution in [0.15, 0.2) is 24.3 Å². The van der Waals surface area contributed by atoms with Crippen LogP contribution >= 0.6 is 0 Å². The van der Waals surface area contributed by atoms with Gasteiger partial charge in [-0.25, -0.2) is 0 Å². The average molecular weight is 334 g/mol. The molecule has 4 rings (SSSR count). The van der Waals surface area contributed by atoms with Crippen LogP contribution in [0.5, 0.6) is 0 Å². The lowest BCUT2D eigenvalue weighted by molar-refractivity contribution is -0.112. The Balaban J connectivity index is 1.99. The summed E-state index contributed by atoms with van der Waals surface area (Å²) < 4.78 is 0. The highest BCUT2D eigenvalue weighted by Gasteiger charge is 2.34. The zero-order chi connectivity index (χ0) is 17.7. The highest BCUT2D eigenvalue weighted by atomic mass is 16.2. The van der Waals surface area contributed by atoms with Gasteiger partial charge in [0.05, 0.1) is 11.3 Å². The van der Waals surface area contributed by atoms with Gasteiger partial charge in [0.25, 0.3) is 11.7 Å². The smallest absolute Gasteiger partial charge is 0.296 e. The van der Waals surface area contributed by atoms with E-state index in [0.717, 1.165) is 48.4 Å². The molecule has 0 saturated heterocycles. The molecule has 1 amide bonds. The molecule has 0 fully saturated rings. The van der Waals surface area contributed by atoms with E-state index < -0.39 is 11.7 Å². The van der Waals surface area contributed by atoms with Crippen LogP contribution in [0.2, 0.25) is 0 Å². The number of carbonyl (C=O) groups is 2. The minimum Gasteiger partial charge on any atom is -0.318 e. The first kappa shape index (κ1) is 16.0. The van der Waals surface area contributed by atoms with Crippen LogP contribution in [0.4, 0.5) is 5.69 Å². The molecule has 2 aliphatic rings. The summed E-state index contributed by atoms with van der Waals surface area (Å²) >= 11 is 0. The van der Waals surface area contributed by atoms with Crippen LogP contribution in [0.1, 0.15) is 39.5 Å². The van der Waals surface area contributed by atoms with Crippen molar-refractivity contribution in [2.75, 3.05) is 18.4 Å². The Morgan fingerprint density at radius 3 is 2.64 bits per heavy atom. The molecule has 4 heteroatoms. The molecule has 128 valence electrons. The van der Waals surface area contributed by atoms with Crippen molar-refractivity contribution in [1.82, 2.24) is 4.90 Å². The molecule has 2 aliphatic heterocycles. The highest BCUT2D eigenvalue weighted by molar-refractivity contribution is 6.52. The summed E-state index contributed by atoms with van der Waals surface area (Å²) in [5.41, 5.74) is 8.37. The van der Waals surface area contributed by atoms with Crippen LogP contribution in [0.3, 0.4) is 0 Å². The third kappa shape index (κ3) is 2.40. The number of nitrogens with one attached hydrogen (secondary N) is 1. The molecule has 0 spiro atoms. The fourth-order valence-corrected chi connectivity index (χ4v) is 3.98. The second-order valence-electron chi connectivity index (χ2n) is 6.95. The Labute approximate surface area is 147 Å². The maximum atomic E-state index is 12.3. The van der Waals surface area contributed by atoms with Gasteiger partial charge in [0, 0.05) is 13.1 Å². The van der Waals surface area contributed by atoms with E-state index in [2.05, 4.69) is 49.2 Å². The molecule has 0 bridgehead atoms. The molecule has 0 aromatic heterocycles. The van der Waals surface area contributed by atoms with Crippen LogP contribution in [-0.4, -0.2) is 29.7 Å². The van der Waals surface area contributed by atoms with Crippen LogP contribution in [0, 0.1) is 13.8 Å². The van der Waals surface area contributed by atoms with Gasteiger partial charge in [-0.05, 0) is 66.3 Å². The molecule has 2 aromatic rings. The number of hydrogen-bond donors (Lipinski definition) is 1. The summed E-state index contributed by atoms with van der Waals surface area (Å²) in [6.45, 7) is 9.11. The summed E-state index contributed by atoms with van der Waals surface area (Å²) in [5, 5.41) is 2.81. The fraction of sp³-hybridized carbons (Fsp3) is 0.333. The van der Waals surface area contributed by atoms with Gasteiger partial charge in [-0.1, -0.05) is 25.1 Å². The van der Waals surface area contributed by atoms with Gasteiger partial charge in [-0.2, -0.15) is 0 Å². The molecular formula is C21H22N2O2. The van der Waals surface area contributed by atoms with Gasteiger partial charge >= 0.3 is 0 Å². The number of Topliss-reactive ketones (excluding diaryl/α,β-unsaturated/α-hetero) is 1. The van der Waals surface area contributed by atoms with Crippen molar-refractivity contribution >= 4 is 17.4 Å². The first-order valence-corrected chi connectivity index (χ1v) is 8.84. The van der Waals surface area contributed by atoms with E-state index in [4.69, 9.17) is 0 Å². The Bertz CT molecular complexity index is 915. The van der Waals surface area contributed by atoms with Crippen molar-refractivity contribution < 1.29 is 9.59 Å². The molecule has 0 radical (unpaired) electrons. The number of likely N-dealkylation sites (N-methyl/N-ethyl adjacent to an activating group) is 1. The molecule has 0 unspecified atom stereocenters. The van der Waals surface area contributed by atoms with Crippen LogP contribution < -0.4 is 5.32 Å². The second-order valence-corrected chi connectivity index (χ2v) is 6.95. The summed E-state index contributed by atoms with van der Waals surface area (Å²) in [5.74, 6) is -0.929. The number of aryl methyl sites for hydroxylation is 1. The monoisotopic (exact) mass is 334 g/mol. The highest BCUT2D eigenvalue weighted by Crippen LogP contribution is 2.41. The van der Waals surface area contributed by atoms with E-state index in [0.29, 0.717) is 5.56 Å². The van der Waals surface area contributed by atoms with Gasteiger partial charge in [-0.3, -0.25) is 14.5 Å². The number of amides is 1. The minimum absolute atomic E-state index is 0.419. The molecule has 0 atom stereocenters. The van der Waals surface area contributed by atoms with Crippen molar-refractivity contribution in [2.45, 2.75) is 33.7 Å². The number of fused-ring (bicyclic) bond motifs is 3. The molecule has 2 heterocycles. The summed E-state index contributed by atoms with van der Waals surface area (Å²) in [4.78, 5) is 26.7. The van der Waals surface area contributed by atoms with Crippen molar-refractivity contribution in [1.29, 1.82) is 0 Å². The Hall–Kier alpha value is -2.46. The number of anilines is 1. The number of hydrogen-bond acceptors (Lipinski definition) is 3. The Morgan fingerprint density at radius 1 is 1.08 bits per heavy atom. The topological polar surface area (TPSA) is 49.4 Å². The average Bonchev–Trinajstić information content (AvgIpc) is 2.91. The number of ketones is 1. The summed E-state index contributed by atoms with van der Waals surface area (Å²) in [6, 6.07) is 8.21. The van der Waals surface area contributed by atoms with Crippen LogP contribution in [-0.2, 0) is 17.8 Å². The van der Waals surface area contributed by atoms with Crippen molar-refractivity contribution in [2.24, 2.45) is 0 Å². The zero-order valence-corrected chi connectivity index (χ0v) is 14.9. The standard InChI is InChI=1S/C21H22N2O2/c1-4-23-9-8-15-16(14-7-5-6-12(2)13(14)3)10-17-19(18(15)11-23)22-21(25)20(17)24/h5-7,10H,4,8-9,11H2,1-3H3,(H,22,24,25). The van der Waals surface area contributed by atoms with Crippen molar-refractivity contribution in [3.63, 3.8) is 0 Å². The van der Waals surface area contributed by atoms with Crippen molar-refractivity contribution in [3.8, 4) is 11.1 Å².